The molecule has 1 N–H and O–H groups in total. The average molecular weight is 458 g/mol. The number of hydrogen-bond acceptors (Lipinski definition) is 3. The second kappa shape index (κ2) is 7.35. The highest BCUT2D eigenvalue weighted by Gasteiger charge is 2.56. The van der Waals surface area contributed by atoms with Crippen LogP contribution in [0.4, 0.5) is 5.69 Å². The average Bonchev–Trinajstić information content (AvgIpc) is 2.89. The minimum absolute atomic E-state index is 0.128. The van der Waals surface area contributed by atoms with E-state index in [0.717, 1.165) is 30.4 Å². The summed E-state index contributed by atoms with van der Waals surface area (Å²) in [6.45, 7) is 3.91. The van der Waals surface area contributed by atoms with E-state index in [0.29, 0.717) is 34.0 Å². The predicted molar refractivity (Wildman–Crippen MR) is 123 cm³/mol. The normalized spacial score (nSPS) is 29.2. The lowest BCUT2D eigenvalue weighted by Crippen LogP contribution is -2.35. The highest BCUT2D eigenvalue weighted by atomic mass is 35.5. The number of anilines is 1. The lowest BCUT2D eigenvalue weighted by atomic mass is 9.65. The third-order valence-corrected chi connectivity index (χ3v) is 9.60. The van der Waals surface area contributed by atoms with Crippen molar-refractivity contribution in [3.8, 4) is 0 Å². The molecule has 4 unspecified atom stereocenters. The Morgan fingerprint density at radius 1 is 1.00 bits per heavy atom. The standard InChI is InChI=1S/C25H28ClNO3S/c1-15-9-22(24(28)25-12-17-3-4-18(13-25)19(11-17)14-25)23(10-16(15)2)27-31(29,30)21-7-5-20(26)6-8-21/h5-10,17-19,27H,3-4,11-14H2,1-2H3. The highest BCUT2D eigenvalue weighted by Crippen LogP contribution is 2.62. The van der Waals surface area contributed by atoms with Crippen molar-refractivity contribution >= 4 is 33.1 Å². The van der Waals surface area contributed by atoms with Crippen molar-refractivity contribution in [1.29, 1.82) is 0 Å². The van der Waals surface area contributed by atoms with Gasteiger partial charge in [0.2, 0.25) is 0 Å². The van der Waals surface area contributed by atoms with Crippen LogP contribution in [0.5, 0.6) is 0 Å². The molecule has 4 atom stereocenters. The van der Waals surface area contributed by atoms with E-state index in [2.05, 4.69) is 4.72 Å². The summed E-state index contributed by atoms with van der Waals surface area (Å²) < 4.78 is 28.8. The topological polar surface area (TPSA) is 63.2 Å². The molecular formula is C25H28ClNO3S. The molecule has 0 aromatic heterocycles. The predicted octanol–water partition coefficient (Wildman–Crippen LogP) is 6.16. The number of fused-ring (bicyclic) bond motifs is 2. The Labute approximate surface area is 189 Å². The van der Waals surface area contributed by atoms with Gasteiger partial charge in [-0.05, 0) is 111 Å². The van der Waals surface area contributed by atoms with E-state index in [4.69, 9.17) is 11.6 Å². The maximum atomic E-state index is 14.0. The molecule has 0 heterocycles. The van der Waals surface area contributed by atoms with Crippen molar-refractivity contribution in [2.75, 3.05) is 4.72 Å². The Bertz CT molecular complexity index is 1150. The second-order valence-electron chi connectivity index (χ2n) is 9.96. The SMILES string of the molecule is Cc1cc(NS(=O)(=O)c2ccc(Cl)cc2)c(C(=O)C23CC4CCC(C2)C(C4)C3)cc1C. The van der Waals surface area contributed by atoms with Gasteiger partial charge in [0.25, 0.3) is 10.0 Å². The molecule has 2 aromatic rings. The van der Waals surface area contributed by atoms with E-state index in [1.807, 2.05) is 19.9 Å². The van der Waals surface area contributed by atoms with Gasteiger partial charge in [0, 0.05) is 16.0 Å². The van der Waals surface area contributed by atoms with Gasteiger partial charge in [0.1, 0.15) is 0 Å². The smallest absolute Gasteiger partial charge is 0.261 e. The van der Waals surface area contributed by atoms with Crippen LogP contribution in [0.1, 0.15) is 60.0 Å². The first kappa shape index (κ1) is 21.0. The van der Waals surface area contributed by atoms with Crippen LogP contribution in [-0.4, -0.2) is 14.2 Å². The quantitative estimate of drug-likeness (QED) is 0.547. The molecule has 5 rings (SSSR count). The maximum Gasteiger partial charge on any atom is 0.261 e. The molecule has 0 amide bonds. The van der Waals surface area contributed by atoms with Crippen molar-refractivity contribution in [2.24, 2.45) is 23.2 Å². The van der Waals surface area contributed by atoms with E-state index in [9.17, 15) is 13.2 Å². The molecule has 0 spiro atoms. The van der Waals surface area contributed by atoms with E-state index in [-0.39, 0.29) is 16.1 Å². The maximum absolute atomic E-state index is 14.0. The van der Waals surface area contributed by atoms with Crippen LogP contribution in [-0.2, 0) is 10.0 Å². The summed E-state index contributed by atoms with van der Waals surface area (Å²) in [5, 5.41) is 0.475. The van der Waals surface area contributed by atoms with Crippen molar-refractivity contribution in [2.45, 2.75) is 57.3 Å². The lowest BCUT2D eigenvalue weighted by molar-refractivity contribution is 0.0666. The lowest BCUT2D eigenvalue weighted by Gasteiger charge is -2.39. The van der Waals surface area contributed by atoms with Gasteiger partial charge in [-0.3, -0.25) is 9.52 Å². The Kier molecular flexibility index (Phi) is 4.98. The molecule has 164 valence electrons. The zero-order chi connectivity index (χ0) is 22.0. The molecule has 3 saturated carbocycles. The summed E-state index contributed by atoms with van der Waals surface area (Å²) in [5.41, 5.74) is 2.54. The van der Waals surface area contributed by atoms with Crippen LogP contribution < -0.4 is 4.72 Å². The Hall–Kier alpha value is -1.85. The fourth-order valence-corrected chi connectivity index (χ4v) is 7.60. The number of halogens is 1. The number of benzene rings is 2. The summed E-state index contributed by atoms with van der Waals surface area (Å²) in [5.74, 6) is 2.09. The molecule has 31 heavy (non-hydrogen) atoms. The third-order valence-electron chi connectivity index (χ3n) is 7.96. The second-order valence-corrected chi connectivity index (χ2v) is 12.1. The van der Waals surface area contributed by atoms with Gasteiger partial charge in [-0.1, -0.05) is 18.0 Å². The molecular weight excluding hydrogens is 430 g/mol. The first-order chi connectivity index (χ1) is 14.7. The van der Waals surface area contributed by atoms with Crippen LogP contribution in [0.2, 0.25) is 5.02 Å². The van der Waals surface area contributed by atoms with E-state index < -0.39 is 10.0 Å². The fraction of sp³-hybridized carbons (Fsp3) is 0.480. The molecule has 4 nitrogen and oxygen atoms in total. The summed E-state index contributed by atoms with van der Waals surface area (Å²) in [4.78, 5) is 14.1. The number of sulfonamides is 1. The van der Waals surface area contributed by atoms with Crippen LogP contribution in [0.25, 0.3) is 0 Å². The Balaban J connectivity index is 1.53. The number of ketones is 1. The molecule has 3 bridgehead atoms. The summed E-state index contributed by atoms with van der Waals surface area (Å²) in [6.07, 6.45) is 6.62. The number of carbonyl (C=O) groups excluding carboxylic acids is 1. The van der Waals surface area contributed by atoms with Gasteiger partial charge >= 0.3 is 0 Å². The summed E-state index contributed by atoms with van der Waals surface area (Å²) in [7, 11) is -3.83. The van der Waals surface area contributed by atoms with Gasteiger partial charge in [-0.15, -0.1) is 0 Å². The number of nitrogens with one attached hydrogen (secondary N) is 1. The minimum Gasteiger partial charge on any atom is -0.293 e. The number of Topliss-reactive ketones (excluding diaryl/α,β-unsaturated/α-hetero) is 1. The molecule has 6 heteroatoms. The van der Waals surface area contributed by atoms with Crippen LogP contribution in [0, 0.1) is 37.0 Å². The van der Waals surface area contributed by atoms with Crippen molar-refractivity contribution < 1.29 is 13.2 Å². The van der Waals surface area contributed by atoms with Crippen molar-refractivity contribution in [3.63, 3.8) is 0 Å². The molecule has 3 aliphatic carbocycles. The number of rotatable bonds is 5. The van der Waals surface area contributed by atoms with Crippen LogP contribution >= 0.6 is 11.6 Å². The molecule has 0 aliphatic heterocycles. The summed E-state index contributed by atoms with van der Waals surface area (Å²) in [6, 6.07) is 9.75. The van der Waals surface area contributed by atoms with Gasteiger partial charge in [0.05, 0.1) is 10.6 Å². The Morgan fingerprint density at radius 2 is 1.68 bits per heavy atom. The molecule has 2 aromatic carbocycles. The minimum atomic E-state index is -3.83. The van der Waals surface area contributed by atoms with Crippen LogP contribution in [0.3, 0.4) is 0 Å². The number of hydrogen-bond donors (Lipinski definition) is 1. The summed E-state index contributed by atoms with van der Waals surface area (Å²) >= 11 is 5.92. The van der Waals surface area contributed by atoms with Gasteiger partial charge < -0.3 is 0 Å². The molecule has 3 aliphatic rings. The molecule has 3 fully saturated rings. The van der Waals surface area contributed by atoms with E-state index in [1.165, 1.54) is 31.4 Å². The number of carbonyl (C=O) groups is 1. The molecule has 0 radical (unpaired) electrons. The highest BCUT2D eigenvalue weighted by molar-refractivity contribution is 7.92. The van der Waals surface area contributed by atoms with E-state index >= 15 is 0 Å². The third kappa shape index (κ3) is 3.60. The van der Waals surface area contributed by atoms with Crippen molar-refractivity contribution in [3.05, 3.63) is 58.1 Å². The van der Waals surface area contributed by atoms with Gasteiger partial charge in [-0.2, -0.15) is 0 Å². The Morgan fingerprint density at radius 3 is 2.42 bits per heavy atom. The monoisotopic (exact) mass is 457 g/mol. The zero-order valence-corrected chi connectivity index (χ0v) is 19.5. The number of aryl methyl sites for hydroxylation is 2. The molecule has 0 saturated heterocycles. The first-order valence-electron chi connectivity index (χ1n) is 11.1. The van der Waals surface area contributed by atoms with Crippen molar-refractivity contribution in [1.82, 2.24) is 0 Å². The first-order valence-corrected chi connectivity index (χ1v) is 13.0. The largest absolute Gasteiger partial charge is 0.293 e. The fourth-order valence-electron chi connectivity index (χ4n) is 6.40. The van der Waals surface area contributed by atoms with Gasteiger partial charge in [0.15, 0.2) is 5.78 Å². The van der Waals surface area contributed by atoms with Gasteiger partial charge in [-0.25, -0.2) is 8.42 Å². The van der Waals surface area contributed by atoms with Crippen LogP contribution in [0.15, 0.2) is 41.3 Å². The van der Waals surface area contributed by atoms with E-state index in [1.54, 1.807) is 18.2 Å². The zero-order valence-electron chi connectivity index (χ0n) is 17.9.